The molecular weight excluding hydrogens is 558 g/mol. The van der Waals surface area contributed by atoms with Crippen LogP contribution in [0.2, 0.25) is 5.02 Å². The number of aromatic nitrogens is 6. The second-order valence-corrected chi connectivity index (χ2v) is 11.5. The van der Waals surface area contributed by atoms with E-state index in [-0.39, 0.29) is 0 Å². The number of imidazole rings is 1. The van der Waals surface area contributed by atoms with Crippen LogP contribution in [0, 0.1) is 12.8 Å². The van der Waals surface area contributed by atoms with Gasteiger partial charge in [-0.3, -0.25) is 18.8 Å². The molecule has 12 heteroatoms. The fourth-order valence-corrected chi connectivity index (χ4v) is 5.69. The van der Waals surface area contributed by atoms with Crippen LogP contribution in [-0.2, 0) is 17.9 Å². The fourth-order valence-electron chi connectivity index (χ4n) is 4.91. The Labute approximate surface area is 248 Å². The number of carbonyl (C=O) groups excluding carboxylic acids is 1. The molecule has 10 nitrogen and oxygen atoms in total. The Kier molecular flexibility index (Phi) is 9.28. The minimum absolute atomic E-state index is 0.628. The zero-order valence-corrected chi connectivity index (χ0v) is 25.0. The van der Waals surface area contributed by atoms with E-state index >= 15 is 0 Å². The number of nitrogens with one attached hydrogen (secondary N) is 2. The first-order valence-electron chi connectivity index (χ1n) is 13.7. The Balaban J connectivity index is 0.000000287. The third-order valence-electron chi connectivity index (χ3n) is 6.86. The maximum absolute atomic E-state index is 9.92. The summed E-state index contributed by atoms with van der Waals surface area (Å²) in [5, 5.41) is 12.0. The number of anilines is 3. The molecule has 41 heavy (non-hydrogen) atoms. The summed E-state index contributed by atoms with van der Waals surface area (Å²) in [5.41, 5.74) is 5.63. The highest BCUT2D eigenvalue weighted by Gasteiger charge is 2.18. The fraction of sp³-hybridized carbons (Fsp3) is 0.345. The van der Waals surface area contributed by atoms with Crippen molar-refractivity contribution in [2.24, 2.45) is 5.92 Å². The first kappa shape index (κ1) is 28.7. The number of hydrogen-bond acceptors (Lipinski definition) is 8. The number of carbonyl (C=O) groups is 1. The Morgan fingerprint density at radius 2 is 2.02 bits per heavy atom. The number of aryl methyl sites for hydroxylation is 2. The lowest BCUT2D eigenvalue weighted by molar-refractivity contribution is -0.105. The van der Waals surface area contributed by atoms with Crippen molar-refractivity contribution in [1.82, 2.24) is 33.4 Å². The first-order valence-corrected chi connectivity index (χ1v) is 14.8. The van der Waals surface area contributed by atoms with Gasteiger partial charge in [0.15, 0.2) is 11.5 Å². The van der Waals surface area contributed by atoms with Crippen LogP contribution < -0.4 is 10.6 Å². The standard InChI is InChI=1S/C22H28N8S.C7H6ClNO/c1-4-29-13-17(9-24-29)19-10-23-22-21(25-16(3)12-30(19)22)26-20-8-18(27-31-20)14-28-7-5-6-15(2)11-28;8-6-1-3-7(4-2-6)9-5-10/h8-10,12-13,15H,4-7,11,14H2,1-3H3,(H,25,26);1-5H,(H,9,10). The smallest absolute Gasteiger partial charge is 0.211 e. The van der Waals surface area contributed by atoms with E-state index in [1.165, 1.54) is 24.4 Å². The SMILES string of the molecule is CCn1cc(-c2cnc3c(Nc4cc(CN5CCCC(C)C5)ns4)nc(C)cn23)cn1.O=CNc1ccc(Cl)cc1. The highest BCUT2D eigenvalue weighted by atomic mass is 35.5. The van der Waals surface area contributed by atoms with Gasteiger partial charge in [-0.05, 0) is 81.0 Å². The van der Waals surface area contributed by atoms with Crippen molar-refractivity contribution in [3.05, 3.63) is 71.5 Å². The summed E-state index contributed by atoms with van der Waals surface area (Å²) in [6.45, 7) is 10.5. The molecule has 1 fully saturated rings. The molecule has 5 heterocycles. The number of halogens is 1. The van der Waals surface area contributed by atoms with Gasteiger partial charge < -0.3 is 10.6 Å². The van der Waals surface area contributed by atoms with Crippen LogP contribution in [-0.4, -0.2) is 52.9 Å². The van der Waals surface area contributed by atoms with Gasteiger partial charge in [-0.15, -0.1) is 0 Å². The van der Waals surface area contributed by atoms with Crippen molar-refractivity contribution in [2.45, 2.75) is 46.7 Å². The van der Waals surface area contributed by atoms with Crippen molar-refractivity contribution in [3.63, 3.8) is 0 Å². The minimum atomic E-state index is 0.628. The van der Waals surface area contributed by atoms with E-state index in [1.807, 2.05) is 36.4 Å². The summed E-state index contributed by atoms with van der Waals surface area (Å²) in [4.78, 5) is 21.8. The van der Waals surface area contributed by atoms with Crippen molar-refractivity contribution in [2.75, 3.05) is 23.7 Å². The molecule has 214 valence electrons. The van der Waals surface area contributed by atoms with E-state index < -0.39 is 0 Å². The van der Waals surface area contributed by atoms with Gasteiger partial charge in [-0.2, -0.15) is 9.47 Å². The lowest BCUT2D eigenvalue weighted by Crippen LogP contribution is -2.33. The maximum Gasteiger partial charge on any atom is 0.211 e. The molecule has 5 aromatic rings. The molecular formula is C29H34ClN9OS. The monoisotopic (exact) mass is 591 g/mol. The largest absolute Gasteiger partial charge is 0.329 e. The third-order valence-corrected chi connectivity index (χ3v) is 7.86. The number of piperidine rings is 1. The van der Waals surface area contributed by atoms with Gasteiger partial charge in [0.05, 0.1) is 29.5 Å². The highest BCUT2D eigenvalue weighted by Crippen LogP contribution is 2.28. The van der Waals surface area contributed by atoms with Crippen LogP contribution >= 0.6 is 23.1 Å². The maximum atomic E-state index is 9.92. The molecule has 0 spiro atoms. The topological polar surface area (TPSA) is 105 Å². The van der Waals surface area contributed by atoms with Gasteiger partial charge in [0.1, 0.15) is 5.00 Å². The number of fused-ring (bicyclic) bond motifs is 1. The molecule has 2 N–H and O–H groups in total. The minimum Gasteiger partial charge on any atom is -0.329 e. The number of rotatable bonds is 8. The predicted octanol–water partition coefficient (Wildman–Crippen LogP) is 6.26. The molecule has 6 rings (SSSR count). The van der Waals surface area contributed by atoms with E-state index in [9.17, 15) is 4.79 Å². The molecule has 1 atom stereocenters. The average Bonchev–Trinajstić information content (AvgIpc) is 3.70. The lowest BCUT2D eigenvalue weighted by Gasteiger charge is -2.30. The van der Waals surface area contributed by atoms with Crippen molar-refractivity contribution in [3.8, 4) is 11.3 Å². The Bertz CT molecular complexity index is 1590. The number of hydrogen-bond donors (Lipinski definition) is 2. The Morgan fingerprint density at radius 3 is 2.76 bits per heavy atom. The number of nitrogens with zero attached hydrogens (tertiary/aromatic N) is 7. The van der Waals surface area contributed by atoms with E-state index in [0.29, 0.717) is 11.4 Å². The Hall–Kier alpha value is -3.80. The zero-order valence-electron chi connectivity index (χ0n) is 23.4. The summed E-state index contributed by atoms with van der Waals surface area (Å²) in [6, 6.07) is 9.04. The summed E-state index contributed by atoms with van der Waals surface area (Å²) in [7, 11) is 0. The molecule has 1 aromatic carbocycles. The predicted molar refractivity (Wildman–Crippen MR) is 165 cm³/mol. The molecule has 4 aromatic heterocycles. The van der Waals surface area contributed by atoms with Crippen LogP contribution in [0.3, 0.4) is 0 Å². The van der Waals surface area contributed by atoms with Crippen LogP contribution in [0.1, 0.15) is 38.1 Å². The van der Waals surface area contributed by atoms with Crippen LogP contribution in [0.5, 0.6) is 0 Å². The van der Waals surface area contributed by atoms with E-state index in [4.69, 9.17) is 16.6 Å². The summed E-state index contributed by atoms with van der Waals surface area (Å²) in [5.74, 6) is 1.52. The van der Waals surface area contributed by atoms with Gasteiger partial charge in [0, 0.05) is 48.3 Å². The summed E-state index contributed by atoms with van der Waals surface area (Å²) in [6.07, 6.45) is 11.1. The normalized spacial score (nSPS) is 15.4. The molecule has 1 amide bonds. The molecule has 0 radical (unpaired) electrons. The molecule has 1 aliphatic rings. The second kappa shape index (κ2) is 13.2. The van der Waals surface area contributed by atoms with Crippen LogP contribution in [0.4, 0.5) is 16.5 Å². The van der Waals surface area contributed by atoms with Crippen molar-refractivity contribution in [1.29, 1.82) is 0 Å². The third kappa shape index (κ3) is 7.29. The highest BCUT2D eigenvalue weighted by molar-refractivity contribution is 7.10. The first-order chi connectivity index (χ1) is 19.9. The molecule has 1 saturated heterocycles. The second-order valence-electron chi connectivity index (χ2n) is 10.2. The van der Waals surface area contributed by atoms with Gasteiger partial charge in [-0.1, -0.05) is 18.5 Å². The van der Waals surface area contributed by atoms with E-state index in [0.717, 1.165) is 76.9 Å². The van der Waals surface area contributed by atoms with Crippen molar-refractivity contribution < 1.29 is 4.79 Å². The number of likely N-dealkylation sites (tertiary alicyclic amines) is 1. The number of benzene rings is 1. The lowest BCUT2D eigenvalue weighted by atomic mass is 10.0. The molecule has 0 saturated carbocycles. The quantitative estimate of drug-likeness (QED) is 0.205. The summed E-state index contributed by atoms with van der Waals surface area (Å²) < 4.78 is 8.67. The van der Waals surface area contributed by atoms with Gasteiger partial charge in [0.25, 0.3) is 0 Å². The zero-order chi connectivity index (χ0) is 28.8. The molecule has 0 aliphatic carbocycles. The van der Waals surface area contributed by atoms with Gasteiger partial charge in [-0.25, -0.2) is 9.97 Å². The molecule has 1 aliphatic heterocycles. The summed E-state index contributed by atoms with van der Waals surface area (Å²) >= 11 is 7.08. The molecule has 0 bridgehead atoms. The van der Waals surface area contributed by atoms with Gasteiger partial charge >= 0.3 is 0 Å². The van der Waals surface area contributed by atoms with E-state index in [1.54, 1.807) is 24.3 Å². The number of amides is 1. The van der Waals surface area contributed by atoms with E-state index in [2.05, 4.69) is 54.3 Å². The Morgan fingerprint density at radius 1 is 1.20 bits per heavy atom. The molecule has 1 unspecified atom stereocenters. The van der Waals surface area contributed by atoms with Crippen molar-refractivity contribution >= 4 is 51.7 Å². The van der Waals surface area contributed by atoms with Crippen LogP contribution in [0.15, 0.2) is 55.1 Å². The van der Waals surface area contributed by atoms with Crippen LogP contribution in [0.25, 0.3) is 16.9 Å². The van der Waals surface area contributed by atoms with Gasteiger partial charge in [0.2, 0.25) is 6.41 Å². The average molecular weight is 592 g/mol.